The zero-order valence-corrected chi connectivity index (χ0v) is 12.4. The fourth-order valence-corrected chi connectivity index (χ4v) is 1.92. The highest BCUT2D eigenvalue weighted by Crippen LogP contribution is 2.25. The second-order valence-corrected chi connectivity index (χ2v) is 5.10. The third kappa shape index (κ3) is 3.92. The molecule has 0 atom stereocenters. The van der Waals surface area contributed by atoms with Gasteiger partial charge < -0.3 is 5.32 Å². The van der Waals surface area contributed by atoms with Crippen molar-refractivity contribution in [3.8, 4) is 0 Å². The molecule has 0 unspecified atom stereocenters. The normalized spacial score (nSPS) is 10.3. The second-order valence-electron chi connectivity index (χ2n) is 4.36. The molecule has 0 fully saturated rings. The standard InChI is InChI=1S/C14H13Cl2N3O/c1-9-2-4-10(5-3-9)6-7-11(20)19-14-12(15)13(16)17-8-18-14/h2-5,8H,6-7H2,1H3,(H,17,18,19,20). The summed E-state index contributed by atoms with van der Waals surface area (Å²) in [5, 5.41) is 2.90. The lowest BCUT2D eigenvalue weighted by Crippen LogP contribution is -2.14. The van der Waals surface area contributed by atoms with Crippen molar-refractivity contribution < 1.29 is 4.79 Å². The van der Waals surface area contributed by atoms with Gasteiger partial charge in [-0.2, -0.15) is 0 Å². The van der Waals surface area contributed by atoms with E-state index in [0.29, 0.717) is 12.8 Å². The molecule has 0 saturated carbocycles. The molecule has 0 aliphatic carbocycles. The highest BCUT2D eigenvalue weighted by atomic mass is 35.5. The predicted octanol–water partition coefficient (Wildman–Crippen LogP) is 3.66. The topological polar surface area (TPSA) is 54.9 Å². The van der Waals surface area contributed by atoms with E-state index in [-0.39, 0.29) is 21.9 Å². The Kier molecular flexibility index (Phi) is 4.93. The minimum Gasteiger partial charge on any atom is -0.309 e. The number of halogens is 2. The number of nitrogens with zero attached hydrogens (tertiary/aromatic N) is 2. The van der Waals surface area contributed by atoms with Gasteiger partial charge in [-0.15, -0.1) is 0 Å². The number of carbonyl (C=O) groups excluding carboxylic acids is 1. The maximum Gasteiger partial charge on any atom is 0.225 e. The predicted molar refractivity (Wildman–Crippen MR) is 80.2 cm³/mol. The lowest BCUT2D eigenvalue weighted by atomic mass is 10.1. The Hall–Kier alpha value is -1.65. The molecule has 2 aromatic rings. The molecule has 0 radical (unpaired) electrons. The summed E-state index contributed by atoms with van der Waals surface area (Å²) >= 11 is 11.7. The van der Waals surface area contributed by atoms with Gasteiger partial charge in [0.2, 0.25) is 5.91 Å². The van der Waals surface area contributed by atoms with E-state index in [1.807, 2.05) is 31.2 Å². The third-order valence-electron chi connectivity index (χ3n) is 2.77. The van der Waals surface area contributed by atoms with E-state index in [4.69, 9.17) is 23.2 Å². The number of hydrogen-bond donors (Lipinski definition) is 1. The molecule has 6 heteroatoms. The molecule has 104 valence electrons. The van der Waals surface area contributed by atoms with Gasteiger partial charge in [-0.3, -0.25) is 4.79 Å². The van der Waals surface area contributed by atoms with Gasteiger partial charge in [-0.1, -0.05) is 53.0 Å². The first-order valence-corrected chi connectivity index (χ1v) is 6.83. The van der Waals surface area contributed by atoms with Crippen LogP contribution in [0.15, 0.2) is 30.6 Å². The van der Waals surface area contributed by atoms with Crippen molar-refractivity contribution >= 4 is 34.9 Å². The van der Waals surface area contributed by atoms with Crippen molar-refractivity contribution in [2.75, 3.05) is 5.32 Å². The van der Waals surface area contributed by atoms with E-state index in [9.17, 15) is 4.79 Å². The highest BCUT2D eigenvalue weighted by Gasteiger charge is 2.10. The van der Waals surface area contributed by atoms with Gasteiger partial charge in [0, 0.05) is 6.42 Å². The number of nitrogens with one attached hydrogen (secondary N) is 1. The molecule has 0 saturated heterocycles. The van der Waals surface area contributed by atoms with Gasteiger partial charge >= 0.3 is 0 Å². The summed E-state index contributed by atoms with van der Waals surface area (Å²) in [6, 6.07) is 8.07. The first-order chi connectivity index (χ1) is 9.56. The molecule has 1 amide bonds. The molecule has 20 heavy (non-hydrogen) atoms. The number of benzene rings is 1. The largest absolute Gasteiger partial charge is 0.309 e. The van der Waals surface area contributed by atoms with Crippen LogP contribution in [0.5, 0.6) is 0 Å². The first kappa shape index (κ1) is 14.8. The van der Waals surface area contributed by atoms with E-state index >= 15 is 0 Å². The molecule has 0 aliphatic heterocycles. The molecule has 4 nitrogen and oxygen atoms in total. The Bertz CT molecular complexity index is 614. The molecule has 1 N–H and O–H groups in total. The van der Waals surface area contributed by atoms with E-state index in [0.717, 1.165) is 5.56 Å². The summed E-state index contributed by atoms with van der Waals surface area (Å²) in [4.78, 5) is 19.4. The SMILES string of the molecule is Cc1ccc(CCC(=O)Nc2ncnc(Cl)c2Cl)cc1. The number of aromatic nitrogens is 2. The molecule has 2 rings (SSSR count). The Morgan fingerprint density at radius 3 is 2.60 bits per heavy atom. The number of carbonyl (C=O) groups is 1. The van der Waals surface area contributed by atoms with Gasteiger partial charge in [-0.25, -0.2) is 9.97 Å². The number of amides is 1. The summed E-state index contributed by atoms with van der Waals surface area (Å²) < 4.78 is 0. The zero-order valence-electron chi connectivity index (χ0n) is 10.9. The van der Waals surface area contributed by atoms with E-state index in [1.54, 1.807) is 0 Å². The van der Waals surface area contributed by atoms with E-state index in [2.05, 4.69) is 15.3 Å². The first-order valence-electron chi connectivity index (χ1n) is 6.07. The molecule has 1 aromatic heterocycles. The van der Waals surface area contributed by atoms with Gasteiger partial charge in [0.05, 0.1) is 0 Å². The summed E-state index contributed by atoms with van der Waals surface area (Å²) in [6.45, 7) is 2.03. The van der Waals surface area contributed by atoms with Crippen LogP contribution < -0.4 is 5.32 Å². The number of hydrogen-bond acceptors (Lipinski definition) is 3. The van der Waals surface area contributed by atoms with Crippen LogP contribution in [0.25, 0.3) is 0 Å². The van der Waals surface area contributed by atoms with E-state index in [1.165, 1.54) is 11.9 Å². The summed E-state index contributed by atoms with van der Waals surface area (Å²) in [5.41, 5.74) is 2.30. The van der Waals surface area contributed by atoms with Crippen molar-refractivity contribution in [3.05, 3.63) is 51.9 Å². The molecular formula is C14H13Cl2N3O. The molecule has 1 aromatic carbocycles. The summed E-state index contributed by atoms with van der Waals surface area (Å²) in [6.07, 6.45) is 2.26. The third-order valence-corrected chi connectivity index (χ3v) is 3.51. The van der Waals surface area contributed by atoms with Crippen LogP contribution in [0.4, 0.5) is 5.82 Å². The zero-order chi connectivity index (χ0) is 14.5. The minimum atomic E-state index is -0.165. The molecular weight excluding hydrogens is 297 g/mol. The molecule has 0 spiro atoms. The van der Waals surface area contributed by atoms with Crippen LogP contribution in [-0.2, 0) is 11.2 Å². The van der Waals surface area contributed by atoms with Crippen molar-refractivity contribution in [2.45, 2.75) is 19.8 Å². The van der Waals surface area contributed by atoms with Crippen molar-refractivity contribution in [3.63, 3.8) is 0 Å². The van der Waals surface area contributed by atoms with E-state index < -0.39 is 0 Å². The highest BCUT2D eigenvalue weighted by molar-refractivity contribution is 6.42. The monoisotopic (exact) mass is 309 g/mol. The van der Waals surface area contributed by atoms with Gasteiger partial charge in [-0.05, 0) is 18.9 Å². The van der Waals surface area contributed by atoms with Crippen LogP contribution in [0.1, 0.15) is 17.5 Å². The van der Waals surface area contributed by atoms with Crippen LogP contribution >= 0.6 is 23.2 Å². The fraction of sp³-hybridized carbons (Fsp3) is 0.214. The van der Waals surface area contributed by atoms with Crippen LogP contribution in [0, 0.1) is 6.92 Å². The Balaban J connectivity index is 1.92. The average molecular weight is 310 g/mol. The maximum atomic E-state index is 11.8. The van der Waals surface area contributed by atoms with Crippen LogP contribution in [0.3, 0.4) is 0 Å². The van der Waals surface area contributed by atoms with Gasteiger partial charge in [0.1, 0.15) is 11.3 Å². The van der Waals surface area contributed by atoms with Crippen LogP contribution in [0.2, 0.25) is 10.2 Å². The van der Waals surface area contributed by atoms with Crippen LogP contribution in [-0.4, -0.2) is 15.9 Å². The van der Waals surface area contributed by atoms with Crippen molar-refractivity contribution in [2.24, 2.45) is 0 Å². The Labute approximate surface area is 127 Å². The van der Waals surface area contributed by atoms with Gasteiger partial charge in [0.25, 0.3) is 0 Å². The van der Waals surface area contributed by atoms with Crippen molar-refractivity contribution in [1.82, 2.24) is 9.97 Å². The molecule has 0 bridgehead atoms. The summed E-state index contributed by atoms with van der Waals surface area (Å²) in [7, 11) is 0. The quantitative estimate of drug-likeness (QED) is 0.877. The van der Waals surface area contributed by atoms with Gasteiger partial charge in [0.15, 0.2) is 11.0 Å². The minimum absolute atomic E-state index is 0.121. The Morgan fingerprint density at radius 1 is 1.20 bits per heavy atom. The Morgan fingerprint density at radius 2 is 1.90 bits per heavy atom. The molecule has 1 heterocycles. The lowest BCUT2D eigenvalue weighted by molar-refractivity contribution is -0.116. The number of rotatable bonds is 4. The molecule has 0 aliphatic rings. The lowest BCUT2D eigenvalue weighted by Gasteiger charge is -2.06. The number of anilines is 1. The average Bonchev–Trinajstić information content (AvgIpc) is 2.43. The fourth-order valence-electron chi connectivity index (χ4n) is 1.64. The number of aryl methyl sites for hydroxylation is 2. The second kappa shape index (κ2) is 6.68. The maximum absolute atomic E-state index is 11.8. The van der Waals surface area contributed by atoms with Crippen molar-refractivity contribution in [1.29, 1.82) is 0 Å². The summed E-state index contributed by atoms with van der Waals surface area (Å²) in [5.74, 6) is 0.0721. The smallest absolute Gasteiger partial charge is 0.225 e.